The van der Waals surface area contributed by atoms with Crippen LogP contribution in [0.25, 0.3) is 11.2 Å². The number of H-pyrrole nitrogens is 1. The van der Waals surface area contributed by atoms with Gasteiger partial charge in [0, 0.05) is 12.1 Å². The van der Waals surface area contributed by atoms with Gasteiger partial charge in [0.25, 0.3) is 0 Å². The average molecular weight is 231 g/mol. The fraction of sp³-hybridized carbons (Fsp3) is 0.538. The van der Waals surface area contributed by atoms with Gasteiger partial charge in [0.1, 0.15) is 5.82 Å². The van der Waals surface area contributed by atoms with Crippen molar-refractivity contribution in [2.45, 2.75) is 38.9 Å². The summed E-state index contributed by atoms with van der Waals surface area (Å²) in [6.45, 7) is 6.47. The smallest absolute Gasteiger partial charge is 0.177 e. The highest BCUT2D eigenvalue weighted by Gasteiger charge is 2.39. The van der Waals surface area contributed by atoms with Crippen LogP contribution in [0.4, 0.5) is 0 Å². The van der Waals surface area contributed by atoms with Gasteiger partial charge in [-0.2, -0.15) is 0 Å². The first kappa shape index (κ1) is 10.7. The monoisotopic (exact) mass is 231 g/mol. The maximum Gasteiger partial charge on any atom is 0.177 e. The van der Waals surface area contributed by atoms with Gasteiger partial charge >= 0.3 is 0 Å². The SMILES string of the molecule is CC1OC(C)C(c2nc3ncccc3[nH]2)C1C. The highest BCUT2D eigenvalue weighted by Crippen LogP contribution is 2.38. The van der Waals surface area contributed by atoms with Crippen LogP contribution < -0.4 is 0 Å². The number of rotatable bonds is 1. The van der Waals surface area contributed by atoms with Gasteiger partial charge in [0.15, 0.2) is 5.65 Å². The van der Waals surface area contributed by atoms with Crippen LogP contribution in [0.3, 0.4) is 0 Å². The van der Waals surface area contributed by atoms with Crippen molar-refractivity contribution in [2.24, 2.45) is 5.92 Å². The summed E-state index contributed by atoms with van der Waals surface area (Å²) in [5.41, 5.74) is 1.79. The van der Waals surface area contributed by atoms with Gasteiger partial charge in [0.2, 0.25) is 0 Å². The molecule has 2 aromatic heterocycles. The summed E-state index contributed by atoms with van der Waals surface area (Å²) in [5, 5.41) is 0. The molecule has 1 fully saturated rings. The first-order chi connectivity index (χ1) is 8.16. The zero-order valence-corrected chi connectivity index (χ0v) is 10.3. The number of hydrogen-bond acceptors (Lipinski definition) is 3. The molecule has 2 aromatic rings. The van der Waals surface area contributed by atoms with Crippen molar-refractivity contribution in [1.29, 1.82) is 0 Å². The standard InChI is InChI=1S/C13H17N3O/c1-7-8(2)17-9(3)11(7)13-15-10-5-4-6-14-12(10)16-13/h4-9,11H,1-3H3,(H,14,15,16). The lowest BCUT2D eigenvalue weighted by molar-refractivity contribution is 0.0554. The van der Waals surface area contributed by atoms with E-state index in [4.69, 9.17) is 4.74 Å². The maximum absolute atomic E-state index is 5.86. The molecule has 4 heteroatoms. The molecule has 1 aliphatic rings. The Hall–Kier alpha value is -1.42. The molecule has 3 rings (SSSR count). The van der Waals surface area contributed by atoms with Crippen molar-refractivity contribution in [2.75, 3.05) is 0 Å². The molecule has 1 N–H and O–H groups in total. The van der Waals surface area contributed by atoms with E-state index in [-0.39, 0.29) is 12.2 Å². The quantitative estimate of drug-likeness (QED) is 0.820. The summed E-state index contributed by atoms with van der Waals surface area (Å²) in [4.78, 5) is 12.2. The van der Waals surface area contributed by atoms with Crippen LogP contribution in [0.15, 0.2) is 18.3 Å². The molecule has 0 amide bonds. The number of nitrogens with zero attached hydrogens (tertiary/aromatic N) is 2. The van der Waals surface area contributed by atoms with E-state index in [9.17, 15) is 0 Å². The Labute approximate surface area is 100 Å². The van der Waals surface area contributed by atoms with Gasteiger partial charge in [-0.25, -0.2) is 9.97 Å². The molecule has 1 aliphatic heterocycles. The number of nitrogens with one attached hydrogen (secondary N) is 1. The predicted molar refractivity (Wildman–Crippen MR) is 65.8 cm³/mol. The summed E-state index contributed by atoms with van der Waals surface area (Å²) in [6, 6.07) is 3.93. The van der Waals surface area contributed by atoms with Crippen LogP contribution >= 0.6 is 0 Å². The Bertz CT molecular complexity index is 503. The van der Waals surface area contributed by atoms with E-state index in [1.165, 1.54) is 0 Å². The second-order valence-corrected chi connectivity index (χ2v) is 4.93. The van der Waals surface area contributed by atoms with E-state index in [0.717, 1.165) is 17.0 Å². The number of aromatic amines is 1. The summed E-state index contributed by atoms with van der Waals surface area (Å²) in [7, 11) is 0. The summed E-state index contributed by atoms with van der Waals surface area (Å²) >= 11 is 0. The maximum atomic E-state index is 5.86. The van der Waals surface area contributed by atoms with E-state index in [1.807, 2.05) is 12.1 Å². The van der Waals surface area contributed by atoms with E-state index in [2.05, 4.69) is 35.7 Å². The fourth-order valence-electron chi connectivity index (χ4n) is 2.76. The molecular formula is C13H17N3O. The van der Waals surface area contributed by atoms with Crippen molar-refractivity contribution in [3.63, 3.8) is 0 Å². The third-order valence-electron chi connectivity index (χ3n) is 3.83. The Balaban J connectivity index is 2.03. The number of fused-ring (bicyclic) bond motifs is 1. The van der Waals surface area contributed by atoms with E-state index in [0.29, 0.717) is 11.8 Å². The van der Waals surface area contributed by atoms with Crippen LogP contribution in [0, 0.1) is 5.92 Å². The molecule has 0 radical (unpaired) electrons. The van der Waals surface area contributed by atoms with Crippen molar-refractivity contribution < 1.29 is 4.74 Å². The largest absolute Gasteiger partial charge is 0.374 e. The highest BCUT2D eigenvalue weighted by atomic mass is 16.5. The molecule has 0 spiro atoms. The second-order valence-electron chi connectivity index (χ2n) is 4.93. The topological polar surface area (TPSA) is 50.8 Å². The second kappa shape index (κ2) is 3.81. The third-order valence-corrected chi connectivity index (χ3v) is 3.83. The van der Waals surface area contributed by atoms with Gasteiger partial charge in [-0.15, -0.1) is 0 Å². The molecule has 0 bridgehead atoms. The van der Waals surface area contributed by atoms with Crippen molar-refractivity contribution >= 4 is 11.2 Å². The minimum absolute atomic E-state index is 0.209. The first-order valence-corrected chi connectivity index (χ1v) is 6.13. The van der Waals surface area contributed by atoms with Crippen molar-refractivity contribution in [3.05, 3.63) is 24.2 Å². The van der Waals surface area contributed by atoms with Gasteiger partial charge in [0.05, 0.1) is 17.7 Å². The van der Waals surface area contributed by atoms with Crippen LogP contribution in [0.1, 0.15) is 32.5 Å². The Kier molecular flexibility index (Phi) is 2.40. The van der Waals surface area contributed by atoms with E-state index < -0.39 is 0 Å². The molecule has 0 saturated carbocycles. The Morgan fingerprint density at radius 2 is 2.06 bits per heavy atom. The normalized spacial score (nSPS) is 33.4. The lowest BCUT2D eigenvalue weighted by Crippen LogP contribution is -2.16. The minimum Gasteiger partial charge on any atom is -0.374 e. The number of imidazole rings is 1. The molecule has 17 heavy (non-hydrogen) atoms. The molecule has 1 saturated heterocycles. The zero-order valence-electron chi connectivity index (χ0n) is 10.3. The molecule has 4 nitrogen and oxygen atoms in total. The summed E-state index contributed by atoms with van der Waals surface area (Å²) < 4.78 is 5.86. The van der Waals surface area contributed by atoms with Crippen LogP contribution in [-0.2, 0) is 4.74 Å². The molecule has 4 unspecified atom stereocenters. The Morgan fingerprint density at radius 1 is 1.24 bits per heavy atom. The average Bonchev–Trinajstić information content (AvgIpc) is 2.81. The van der Waals surface area contributed by atoms with Crippen LogP contribution in [-0.4, -0.2) is 27.2 Å². The Morgan fingerprint density at radius 3 is 2.71 bits per heavy atom. The number of hydrogen-bond donors (Lipinski definition) is 1. The fourth-order valence-corrected chi connectivity index (χ4v) is 2.76. The number of ether oxygens (including phenoxy) is 1. The van der Waals surface area contributed by atoms with Crippen molar-refractivity contribution in [3.8, 4) is 0 Å². The molecule has 0 aliphatic carbocycles. The van der Waals surface area contributed by atoms with Gasteiger partial charge in [-0.1, -0.05) is 6.92 Å². The van der Waals surface area contributed by atoms with Crippen molar-refractivity contribution in [1.82, 2.24) is 15.0 Å². The lowest BCUT2D eigenvalue weighted by Gasteiger charge is -2.15. The molecular weight excluding hydrogens is 214 g/mol. The van der Waals surface area contributed by atoms with E-state index >= 15 is 0 Å². The van der Waals surface area contributed by atoms with Crippen LogP contribution in [0.2, 0.25) is 0 Å². The van der Waals surface area contributed by atoms with Gasteiger partial charge in [-0.05, 0) is 31.9 Å². The number of aromatic nitrogens is 3. The molecule has 4 atom stereocenters. The van der Waals surface area contributed by atoms with Gasteiger partial charge in [-0.3, -0.25) is 0 Å². The first-order valence-electron chi connectivity index (χ1n) is 6.13. The third kappa shape index (κ3) is 1.63. The lowest BCUT2D eigenvalue weighted by atomic mass is 9.89. The molecule has 3 heterocycles. The molecule has 90 valence electrons. The van der Waals surface area contributed by atoms with E-state index in [1.54, 1.807) is 6.20 Å². The van der Waals surface area contributed by atoms with Gasteiger partial charge < -0.3 is 9.72 Å². The summed E-state index contributed by atoms with van der Waals surface area (Å²) in [5.74, 6) is 1.81. The summed E-state index contributed by atoms with van der Waals surface area (Å²) in [6.07, 6.45) is 2.27. The van der Waals surface area contributed by atoms with Crippen LogP contribution in [0.5, 0.6) is 0 Å². The zero-order chi connectivity index (χ0) is 12.0. The predicted octanol–water partition coefficient (Wildman–Crippen LogP) is 2.48. The highest BCUT2D eigenvalue weighted by molar-refractivity contribution is 5.70. The molecule has 0 aromatic carbocycles. The minimum atomic E-state index is 0.209. The number of pyridine rings is 1.